The Balaban J connectivity index is 2.10. The van der Waals surface area contributed by atoms with Crippen LogP contribution >= 0.6 is 11.6 Å². The van der Waals surface area contributed by atoms with Crippen LogP contribution in [0, 0.1) is 5.41 Å². The summed E-state index contributed by atoms with van der Waals surface area (Å²) in [7, 11) is 1.63. The Hall–Kier alpha value is -0.770. The highest BCUT2D eigenvalue weighted by atomic mass is 35.5. The molecule has 0 bridgehead atoms. The molecule has 1 heterocycles. The van der Waals surface area contributed by atoms with Crippen LogP contribution in [0.5, 0.6) is 5.75 Å². The Labute approximate surface area is 113 Å². The molecule has 1 aromatic rings. The summed E-state index contributed by atoms with van der Waals surface area (Å²) in [6, 6.07) is 5.98. The Bertz CT molecular complexity index is 401. The van der Waals surface area contributed by atoms with Crippen molar-refractivity contribution in [3.8, 4) is 5.75 Å². The molecule has 4 heteroatoms. The van der Waals surface area contributed by atoms with E-state index in [4.69, 9.17) is 21.1 Å². The van der Waals surface area contributed by atoms with E-state index in [2.05, 4.69) is 18.3 Å². The second-order valence-electron chi connectivity index (χ2n) is 5.19. The maximum Gasteiger partial charge on any atom is 0.137 e. The van der Waals surface area contributed by atoms with Crippen LogP contribution in [0.2, 0.25) is 5.02 Å². The summed E-state index contributed by atoms with van der Waals surface area (Å²) in [5.74, 6) is 0.723. The van der Waals surface area contributed by atoms with Crippen LogP contribution in [0.3, 0.4) is 0 Å². The molecule has 0 amide bonds. The summed E-state index contributed by atoms with van der Waals surface area (Å²) in [6.07, 6.45) is 0.948. The van der Waals surface area contributed by atoms with Gasteiger partial charge in [-0.3, -0.25) is 0 Å². The molecular formula is C14H20ClNO2. The molecule has 0 saturated carbocycles. The Kier molecular flexibility index (Phi) is 4.49. The molecule has 1 fully saturated rings. The van der Waals surface area contributed by atoms with Crippen LogP contribution in [0.15, 0.2) is 18.2 Å². The fourth-order valence-electron chi connectivity index (χ4n) is 2.33. The van der Waals surface area contributed by atoms with Crippen molar-refractivity contribution < 1.29 is 9.47 Å². The van der Waals surface area contributed by atoms with Crippen LogP contribution in [-0.4, -0.2) is 33.4 Å². The molecular weight excluding hydrogens is 250 g/mol. The normalized spacial score (nSPS) is 24.6. The van der Waals surface area contributed by atoms with Crippen molar-refractivity contribution in [2.24, 2.45) is 5.41 Å². The molecule has 0 radical (unpaired) electrons. The van der Waals surface area contributed by atoms with E-state index in [-0.39, 0.29) is 5.41 Å². The SMILES string of the molecule is COc1ccc(CC2(C)CNCCOC2)cc1Cl. The minimum Gasteiger partial charge on any atom is -0.495 e. The molecule has 0 aromatic heterocycles. The third-order valence-corrected chi connectivity index (χ3v) is 3.57. The zero-order valence-corrected chi connectivity index (χ0v) is 11.7. The van der Waals surface area contributed by atoms with Crippen LogP contribution in [0.25, 0.3) is 0 Å². The highest BCUT2D eigenvalue weighted by molar-refractivity contribution is 6.32. The van der Waals surface area contributed by atoms with Crippen molar-refractivity contribution in [3.63, 3.8) is 0 Å². The van der Waals surface area contributed by atoms with Gasteiger partial charge in [0.15, 0.2) is 0 Å². The van der Waals surface area contributed by atoms with Gasteiger partial charge in [-0.1, -0.05) is 24.6 Å². The number of nitrogens with one attached hydrogen (secondary N) is 1. The van der Waals surface area contributed by atoms with Crippen molar-refractivity contribution in [2.45, 2.75) is 13.3 Å². The lowest BCUT2D eigenvalue weighted by atomic mass is 9.84. The van der Waals surface area contributed by atoms with E-state index in [1.54, 1.807) is 7.11 Å². The van der Waals surface area contributed by atoms with Gasteiger partial charge in [0.2, 0.25) is 0 Å². The molecule has 1 N–H and O–H groups in total. The predicted octanol–water partition coefficient (Wildman–Crippen LogP) is 2.52. The first-order chi connectivity index (χ1) is 8.63. The number of halogens is 1. The molecule has 18 heavy (non-hydrogen) atoms. The molecule has 1 aliphatic rings. The largest absolute Gasteiger partial charge is 0.495 e. The molecule has 2 rings (SSSR count). The van der Waals surface area contributed by atoms with Gasteiger partial charge in [-0.25, -0.2) is 0 Å². The number of hydrogen-bond acceptors (Lipinski definition) is 3. The van der Waals surface area contributed by atoms with E-state index in [0.29, 0.717) is 5.02 Å². The minimum atomic E-state index is 0.119. The molecule has 1 aromatic carbocycles. The number of benzene rings is 1. The maximum absolute atomic E-state index is 6.15. The Morgan fingerprint density at radius 2 is 2.33 bits per heavy atom. The second kappa shape index (κ2) is 5.91. The lowest BCUT2D eigenvalue weighted by Crippen LogP contribution is -2.34. The zero-order valence-electron chi connectivity index (χ0n) is 11.0. The lowest BCUT2D eigenvalue weighted by Gasteiger charge is -2.27. The summed E-state index contributed by atoms with van der Waals surface area (Å²) >= 11 is 6.15. The highest BCUT2D eigenvalue weighted by Gasteiger charge is 2.26. The third-order valence-electron chi connectivity index (χ3n) is 3.27. The van der Waals surface area contributed by atoms with Gasteiger partial charge in [0, 0.05) is 18.5 Å². The van der Waals surface area contributed by atoms with Gasteiger partial charge in [0.25, 0.3) is 0 Å². The van der Waals surface area contributed by atoms with Gasteiger partial charge in [0.1, 0.15) is 5.75 Å². The van der Waals surface area contributed by atoms with Crippen molar-refractivity contribution in [2.75, 3.05) is 33.4 Å². The first kappa shape index (κ1) is 13.7. The van der Waals surface area contributed by atoms with E-state index in [1.807, 2.05) is 12.1 Å². The Morgan fingerprint density at radius 3 is 3.06 bits per heavy atom. The van der Waals surface area contributed by atoms with Gasteiger partial charge < -0.3 is 14.8 Å². The van der Waals surface area contributed by atoms with Crippen molar-refractivity contribution in [1.29, 1.82) is 0 Å². The lowest BCUT2D eigenvalue weighted by molar-refractivity contribution is 0.0796. The monoisotopic (exact) mass is 269 g/mol. The quantitative estimate of drug-likeness (QED) is 0.915. The van der Waals surface area contributed by atoms with Crippen molar-refractivity contribution in [3.05, 3.63) is 28.8 Å². The summed E-state index contributed by atoms with van der Waals surface area (Å²) in [5, 5.41) is 4.08. The van der Waals surface area contributed by atoms with Gasteiger partial charge in [0.05, 0.1) is 25.3 Å². The van der Waals surface area contributed by atoms with Crippen molar-refractivity contribution >= 4 is 11.6 Å². The maximum atomic E-state index is 6.15. The average molecular weight is 270 g/mol. The first-order valence-corrected chi connectivity index (χ1v) is 6.62. The predicted molar refractivity (Wildman–Crippen MR) is 73.5 cm³/mol. The molecule has 1 aliphatic heterocycles. The van der Waals surface area contributed by atoms with Gasteiger partial charge >= 0.3 is 0 Å². The van der Waals surface area contributed by atoms with E-state index in [1.165, 1.54) is 5.56 Å². The van der Waals surface area contributed by atoms with Crippen LogP contribution < -0.4 is 10.1 Å². The molecule has 1 unspecified atom stereocenters. The van der Waals surface area contributed by atoms with Crippen LogP contribution in [0.4, 0.5) is 0 Å². The standard InChI is InChI=1S/C14H20ClNO2/c1-14(9-16-5-6-18-10-14)8-11-3-4-13(17-2)12(15)7-11/h3-4,7,16H,5-6,8-10H2,1-2H3. The number of methoxy groups -OCH3 is 1. The third kappa shape index (κ3) is 3.37. The van der Waals surface area contributed by atoms with E-state index < -0.39 is 0 Å². The van der Waals surface area contributed by atoms with Gasteiger partial charge in [-0.05, 0) is 24.1 Å². The molecule has 0 spiro atoms. The topological polar surface area (TPSA) is 30.5 Å². The number of hydrogen-bond donors (Lipinski definition) is 1. The van der Waals surface area contributed by atoms with Crippen LogP contribution in [-0.2, 0) is 11.2 Å². The molecule has 1 atom stereocenters. The first-order valence-electron chi connectivity index (χ1n) is 6.24. The van der Waals surface area contributed by atoms with Crippen LogP contribution in [0.1, 0.15) is 12.5 Å². The van der Waals surface area contributed by atoms with Crippen molar-refractivity contribution in [1.82, 2.24) is 5.32 Å². The summed E-state index contributed by atoms with van der Waals surface area (Å²) in [4.78, 5) is 0. The number of rotatable bonds is 3. The average Bonchev–Trinajstić information content (AvgIpc) is 2.54. The van der Waals surface area contributed by atoms with Gasteiger partial charge in [-0.2, -0.15) is 0 Å². The second-order valence-corrected chi connectivity index (χ2v) is 5.59. The summed E-state index contributed by atoms with van der Waals surface area (Å²) in [6.45, 7) is 5.71. The molecule has 1 saturated heterocycles. The smallest absolute Gasteiger partial charge is 0.137 e. The molecule has 0 aliphatic carbocycles. The van der Waals surface area contributed by atoms with E-state index in [0.717, 1.165) is 38.5 Å². The molecule has 3 nitrogen and oxygen atoms in total. The highest BCUT2D eigenvalue weighted by Crippen LogP contribution is 2.29. The fraction of sp³-hybridized carbons (Fsp3) is 0.571. The van der Waals surface area contributed by atoms with E-state index >= 15 is 0 Å². The number of ether oxygens (including phenoxy) is 2. The zero-order chi connectivity index (χ0) is 13.0. The Morgan fingerprint density at radius 1 is 1.50 bits per heavy atom. The minimum absolute atomic E-state index is 0.119. The molecule has 100 valence electrons. The van der Waals surface area contributed by atoms with Gasteiger partial charge in [-0.15, -0.1) is 0 Å². The fourth-order valence-corrected chi connectivity index (χ4v) is 2.61. The summed E-state index contributed by atoms with van der Waals surface area (Å²) in [5.41, 5.74) is 1.34. The summed E-state index contributed by atoms with van der Waals surface area (Å²) < 4.78 is 10.8. The van der Waals surface area contributed by atoms with E-state index in [9.17, 15) is 0 Å².